The summed E-state index contributed by atoms with van der Waals surface area (Å²) >= 11 is 1.50. The number of hydrogen-bond donors (Lipinski definition) is 1. The number of aromatic nitrogens is 2. The molecular formula is C13H22N4O2S. The minimum absolute atomic E-state index is 0.214. The maximum Gasteiger partial charge on any atom is 0.410 e. The van der Waals surface area contributed by atoms with Gasteiger partial charge < -0.3 is 15.0 Å². The fraction of sp³-hybridized carbons (Fsp3) is 0.769. The molecule has 0 aliphatic carbocycles. The molecule has 2 rings (SSSR count). The van der Waals surface area contributed by atoms with Gasteiger partial charge in [-0.2, -0.15) is 0 Å². The van der Waals surface area contributed by atoms with Gasteiger partial charge in [0.1, 0.15) is 11.1 Å². The van der Waals surface area contributed by atoms with Crippen molar-refractivity contribution < 1.29 is 9.53 Å². The van der Waals surface area contributed by atoms with E-state index in [0.717, 1.165) is 30.9 Å². The number of carbonyl (C=O) groups is 1. The Hall–Kier alpha value is -1.37. The van der Waals surface area contributed by atoms with Crippen LogP contribution in [0.3, 0.4) is 0 Å². The van der Waals surface area contributed by atoms with Gasteiger partial charge in [-0.3, -0.25) is 0 Å². The summed E-state index contributed by atoms with van der Waals surface area (Å²) in [4.78, 5) is 13.9. The van der Waals surface area contributed by atoms with Crippen LogP contribution in [-0.4, -0.2) is 45.9 Å². The van der Waals surface area contributed by atoms with Gasteiger partial charge in [-0.25, -0.2) is 4.79 Å². The van der Waals surface area contributed by atoms with Crippen LogP contribution in [0.5, 0.6) is 0 Å². The van der Waals surface area contributed by atoms with Crippen molar-refractivity contribution in [1.82, 2.24) is 15.1 Å². The first-order chi connectivity index (χ1) is 9.44. The quantitative estimate of drug-likeness (QED) is 0.909. The van der Waals surface area contributed by atoms with E-state index in [2.05, 4.69) is 15.5 Å². The summed E-state index contributed by atoms with van der Waals surface area (Å²) in [6.45, 7) is 7.14. The highest BCUT2D eigenvalue weighted by Gasteiger charge is 2.25. The fourth-order valence-electron chi connectivity index (χ4n) is 2.16. The Morgan fingerprint density at radius 1 is 1.45 bits per heavy atom. The molecule has 1 atom stereocenters. The summed E-state index contributed by atoms with van der Waals surface area (Å²) in [7, 11) is 0. The van der Waals surface area contributed by atoms with Gasteiger partial charge in [-0.1, -0.05) is 11.3 Å². The molecule has 0 aromatic carbocycles. The number of nitrogens with zero attached hydrogens (tertiary/aromatic N) is 3. The van der Waals surface area contributed by atoms with Gasteiger partial charge in [0.25, 0.3) is 0 Å². The first kappa shape index (κ1) is 15.0. The predicted molar refractivity (Wildman–Crippen MR) is 79.0 cm³/mol. The van der Waals surface area contributed by atoms with Crippen molar-refractivity contribution in [2.24, 2.45) is 0 Å². The third-order valence-electron chi connectivity index (χ3n) is 3.07. The van der Waals surface area contributed by atoms with E-state index in [0.29, 0.717) is 12.6 Å². The number of rotatable bonds is 2. The lowest BCUT2D eigenvalue weighted by Crippen LogP contribution is -2.37. The molecule has 0 bridgehead atoms. The summed E-state index contributed by atoms with van der Waals surface area (Å²) in [5.41, 5.74) is 1.28. The molecule has 1 saturated heterocycles. The van der Waals surface area contributed by atoms with Gasteiger partial charge in [-0.15, -0.1) is 10.2 Å². The highest BCUT2D eigenvalue weighted by Crippen LogP contribution is 2.19. The Bertz CT molecular complexity index is 430. The van der Waals surface area contributed by atoms with Crippen LogP contribution < -0.4 is 5.32 Å². The molecule has 6 nitrogen and oxygen atoms in total. The molecule has 1 fully saturated rings. The summed E-state index contributed by atoms with van der Waals surface area (Å²) in [6, 6.07) is 0.343. The number of ether oxygens (including phenoxy) is 1. The predicted octanol–water partition coefficient (Wildman–Crippen LogP) is 2.74. The van der Waals surface area contributed by atoms with Crippen LogP contribution in [0.15, 0.2) is 5.51 Å². The van der Waals surface area contributed by atoms with Gasteiger partial charge >= 0.3 is 6.09 Å². The second-order valence-electron chi connectivity index (χ2n) is 5.98. The molecule has 7 heteroatoms. The van der Waals surface area contributed by atoms with Gasteiger partial charge in [0, 0.05) is 19.1 Å². The van der Waals surface area contributed by atoms with Crippen LogP contribution in [0.2, 0.25) is 0 Å². The third kappa shape index (κ3) is 4.63. The van der Waals surface area contributed by atoms with E-state index in [1.807, 2.05) is 20.8 Å². The molecule has 0 radical (unpaired) electrons. The molecular weight excluding hydrogens is 276 g/mol. The minimum atomic E-state index is -0.437. The second kappa shape index (κ2) is 6.39. The molecule has 2 heterocycles. The number of likely N-dealkylation sites (tertiary alicyclic amines) is 1. The zero-order valence-corrected chi connectivity index (χ0v) is 13.1. The summed E-state index contributed by atoms with van der Waals surface area (Å²) in [5, 5.41) is 12.0. The van der Waals surface area contributed by atoms with Crippen molar-refractivity contribution in [3.8, 4) is 0 Å². The largest absolute Gasteiger partial charge is 0.444 e. The van der Waals surface area contributed by atoms with Crippen molar-refractivity contribution in [3.63, 3.8) is 0 Å². The SMILES string of the molecule is CC(C)(C)OC(=O)N1CCCC(Nc2nncs2)CC1. The van der Waals surface area contributed by atoms with Crippen LogP contribution in [0.25, 0.3) is 0 Å². The van der Waals surface area contributed by atoms with E-state index in [1.54, 1.807) is 10.4 Å². The van der Waals surface area contributed by atoms with Gasteiger partial charge in [-0.05, 0) is 40.0 Å². The average Bonchev–Trinajstić information content (AvgIpc) is 2.72. The second-order valence-corrected chi connectivity index (χ2v) is 6.82. The molecule has 1 aromatic rings. The highest BCUT2D eigenvalue weighted by atomic mass is 32.1. The van der Waals surface area contributed by atoms with Gasteiger partial charge in [0.2, 0.25) is 5.13 Å². The Labute approximate surface area is 123 Å². The molecule has 0 spiro atoms. The van der Waals surface area contributed by atoms with Crippen LogP contribution >= 0.6 is 11.3 Å². The maximum absolute atomic E-state index is 12.1. The first-order valence-corrected chi connectivity index (χ1v) is 7.82. The zero-order chi connectivity index (χ0) is 14.6. The zero-order valence-electron chi connectivity index (χ0n) is 12.3. The van der Waals surface area contributed by atoms with E-state index in [9.17, 15) is 4.79 Å². The lowest BCUT2D eigenvalue weighted by atomic mass is 10.1. The topological polar surface area (TPSA) is 67.3 Å². The van der Waals surface area contributed by atoms with E-state index in [4.69, 9.17) is 4.74 Å². The highest BCUT2D eigenvalue weighted by molar-refractivity contribution is 7.13. The number of amides is 1. The smallest absolute Gasteiger partial charge is 0.410 e. The lowest BCUT2D eigenvalue weighted by Gasteiger charge is -2.26. The summed E-state index contributed by atoms with van der Waals surface area (Å²) in [6.07, 6.45) is 2.68. The van der Waals surface area contributed by atoms with Crippen molar-refractivity contribution in [1.29, 1.82) is 0 Å². The molecule has 112 valence electrons. The number of carbonyl (C=O) groups excluding carboxylic acids is 1. The van der Waals surface area contributed by atoms with Crippen LogP contribution in [0.1, 0.15) is 40.0 Å². The Morgan fingerprint density at radius 3 is 2.90 bits per heavy atom. The van der Waals surface area contributed by atoms with Gasteiger partial charge in [0.05, 0.1) is 0 Å². The molecule has 0 saturated carbocycles. The fourth-order valence-corrected chi connectivity index (χ4v) is 2.68. The third-order valence-corrected chi connectivity index (χ3v) is 3.69. The van der Waals surface area contributed by atoms with Crippen LogP contribution in [0, 0.1) is 0 Å². The van der Waals surface area contributed by atoms with Gasteiger partial charge in [0.15, 0.2) is 0 Å². The Kier molecular flexibility index (Phi) is 4.80. The molecule has 1 unspecified atom stereocenters. The summed E-state index contributed by atoms with van der Waals surface area (Å²) < 4.78 is 5.42. The average molecular weight is 298 g/mol. The number of anilines is 1. The molecule has 1 aromatic heterocycles. The van der Waals surface area contributed by atoms with Crippen LogP contribution in [0.4, 0.5) is 9.93 Å². The number of nitrogens with one attached hydrogen (secondary N) is 1. The molecule has 1 N–H and O–H groups in total. The normalized spacial score (nSPS) is 20.4. The van der Waals surface area contributed by atoms with Crippen molar-refractivity contribution in [2.75, 3.05) is 18.4 Å². The Balaban J connectivity index is 1.84. The molecule has 20 heavy (non-hydrogen) atoms. The monoisotopic (exact) mass is 298 g/mol. The molecule has 1 amide bonds. The van der Waals surface area contributed by atoms with E-state index >= 15 is 0 Å². The van der Waals surface area contributed by atoms with Crippen molar-refractivity contribution in [2.45, 2.75) is 51.7 Å². The van der Waals surface area contributed by atoms with E-state index in [-0.39, 0.29) is 6.09 Å². The molecule has 1 aliphatic heterocycles. The van der Waals surface area contributed by atoms with E-state index < -0.39 is 5.60 Å². The summed E-state index contributed by atoms with van der Waals surface area (Å²) in [5.74, 6) is 0. The van der Waals surface area contributed by atoms with E-state index in [1.165, 1.54) is 11.3 Å². The first-order valence-electron chi connectivity index (χ1n) is 6.95. The maximum atomic E-state index is 12.1. The van der Waals surface area contributed by atoms with Crippen LogP contribution in [-0.2, 0) is 4.74 Å². The number of hydrogen-bond acceptors (Lipinski definition) is 6. The lowest BCUT2D eigenvalue weighted by molar-refractivity contribution is 0.0256. The standard InChI is InChI=1S/C13H22N4O2S/c1-13(2,3)19-12(18)17-7-4-5-10(6-8-17)15-11-16-14-9-20-11/h9-10H,4-8H2,1-3H3,(H,15,16). The molecule has 1 aliphatic rings. The van der Waals surface area contributed by atoms with Crippen molar-refractivity contribution in [3.05, 3.63) is 5.51 Å². The Morgan fingerprint density at radius 2 is 2.25 bits per heavy atom. The minimum Gasteiger partial charge on any atom is -0.444 e. The van der Waals surface area contributed by atoms with Crippen molar-refractivity contribution >= 4 is 22.6 Å².